The minimum atomic E-state index is -4.88. The number of aliphatic hydroxyl groups is 1. The standard InChI is InChI=1S/C19H15ClF3N3O4/c1-16-11-14(28)26(9-5-4-8(7-24)10(6-9)19(21,22)23)15(29)18(11,25-3)17(2,30-16)12(20)13(16)27/h4-6,11-13,27H,3H2,1-2H3/t11?,12-,13+,16?,17?,18+/m0/s1. The first kappa shape index (κ1) is 20.8. The van der Waals surface area contributed by atoms with Crippen LogP contribution in [0.4, 0.5) is 18.9 Å². The molecule has 3 unspecified atom stereocenters. The summed E-state index contributed by atoms with van der Waals surface area (Å²) in [5, 5.41) is 18.4. The fourth-order valence-corrected chi connectivity index (χ4v) is 5.57. The third-order valence-corrected chi connectivity index (χ3v) is 7.16. The number of imide groups is 1. The van der Waals surface area contributed by atoms with Crippen LogP contribution in [0.15, 0.2) is 23.2 Å². The number of benzene rings is 1. The molecule has 2 bridgehead atoms. The number of aliphatic imine (C=N–C) groups is 1. The molecule has 3 aliphatic rings. The smallest absolute Gasteiger partial charge is 0.388 e. The van der Waals surface area contributed by atoms with Crippen molar-refractivity contribution in [2.75, 3.05) is 4.90 Å². The van der Waals surface area contributed by atoms with E-state index in [0.29, 0.717) is 11.0 Å². The molecule has 1 aromatic carbocycles. The maximum absolute atomic E-state index is 13.5. The highest BCUT2D eigenvalue weighted by molar-refractivity contribution is 6.30. The third-order valence-electron chi connectivity index (χ3n) is 6.50. The number of alkyl halides is 4. The number of rotatable bonds is 2. The molecular formula is C19H15ClF3N3O4. The lowest BCUT2D eigenvalue weighted by Crippen LogP contribution is -2.65. The Morgan fingerprint density at radius 2 is 2.00 bits per heavy atom. The molecule has 2 amide bonds. The third kappa shape index (κ3) is 2.05. The van der Waals surface area contributed by atoms with E-state index in [4.69, 9.17) is 21.6 Å². The Morgan fingerprint density at radius 1 is 1.37 bits per heavy atom. The molecule has 0 aromatic heterocycles. The van der Waals surface area contributed by atoms with Crippen LogP contribution in [0.5, 0.6) is 0 Å². The molecule has 3 fully saturated rings. The van der Waals surface area contributed by atoms with Gasteiger partial charge in [0.25, 0.3) is 5.91 Å². The second kappa shape index (κ2) is 5.81. The number of aliphatic hydroxyl groups excluding tert-OH is 1. The monoisotopic (exact) mass is 441 g/mol. The second-order valence-corrected chi connectivity index (χ2v) is 8.39. The van der Waals surface area contributed by atoms with E-state index in [1.807, 2.05) is 0 Å². The minimum Gasteiger partial charge on any atom is -0.388 e. The largest absolute Gasteiger partial charge is 0.417 e. The van der Waals surface area contributed by atoms with Gasteiger partial charge in [-0.2, -0.15) is 18.4 Å². The fraction of sp³-hybridized carbons (Fsp3) is 0.474. The normalized spacial score (nSPS) is 39.9. The summed E-state index contributed by atoms with van der Waals surface area (Å²) in [6.07, 6.45) is -6.21. The van der Waals surface area contributed by atoms with Gasteiger partial charge in [0.1, 0.15) is 23.2 Å². The molecule has 1 N–H and O–H groups in total. The molecule has 0 aliphatic carbocycles. The number of hydrogen-bond donors (Lipinski definition) is 1. The topological polar surface area (TPSA) is 103 Å². The van der Waals surface area contributed by atoms with E-state index >= 15 is 0 Å². The Morgan fingerprint density at radius 3 is 2.53 bits per heavy atom. The summed E-state index contributed by atoms with van der Waals surface area (Å²) >= 11 is 6.33. The van der Waals surface area contributed by atoms with E-state index in [2.05, 4.69) is 11.7 Å². The number of anilines is 1. The van der Waals surface area contributed by atoms with Crippen molar-refractivity contribution in [3.8, 4) is 6.07 Å². The van der Waals surface area contributed by atoms with Gasteiger partial charge in [-0.1, -0.05) is 0 Å². The van der Waals surface area contributed by atoms with E-state index in [1.54, 1.807) is 0 Å². The number of hydrogen-bond acceptors (Lipinski definition) is 6. The fourth-order valence-electron chi connectivity index (χ4n) is 5.11. The van der Waals surface area contributed by atoms with Crippen LogP contribution in [0.2, 0.25) is 0 Å². The van der Waals surface area contributed by atoms with Gasteiger partial charge in [-0.25, -0.2) is 4.90 Å². The van der Waals surface area contributed by atoms with Crippen LogP contribution in [0.3, 0.4) is 0 Å². The number of carbonyl (C=O) groups is 2. The van der Waals surface area contributed by atoms with Gasteiger partial charge in [-0.15, -0.1) is 11.6 Å². The first-order valence-electron chi connectivity index (χ1n) is 8.81. The van der Waals surface area contributed by atoms with Gasteiger partial charge >= 0.3 is 6.18 Å². The molecule has 0 saturated carbocycles. The van der Waals surface area contributed by atoms with E-state index in [1.165, 1.54) is 19.9 Å². The van der Waals surface area contributed by atoms with Crippen LogP contribution in [-0.4, -0.2) is 51.9 Å². The van der Waals surface area contributed by atoms with Gasteiger partial charge in [0.2, 0.25) is 5.91 Å². The van der Waals surface area contributed by atoms with Crippen molar-refractivity contribution in [2.45, 2.75) is 48.2 Å². The van der Waals surface area contributed by atoms with E-state index in [-0.39, 0.29) is 5.69 Å². The van der Waals surface area contributed by atoms with Crippen molar-refractivity contribution in [1.29, 1.82) is 5.26 Å². The highest BCUT2D eigenvalue weighted by Gasteiger charge is 2.87. The molecule has 30 heavy (non-hydrogen) atoms. The van der Waals surface area contributed by atoms with Crippen LogP contribution in [-0.2, 0) is 20.5 Å². The van der Waals surface area contributed by atoms with Crippen LogP contribution < -0.4 is 4.90 Å². The average Bonchev–Trinajstić information content (AvgIpc) is 3.13. The van der Waals surface area contributed by atoms with Crippen molar-refractivity contribution in [3.63, 3.8) is 0 Å². The van der Waals surface area contributed by atoms with Gasteiger partial charge in [-0.3, -0.25) is 14.6 Å². The predicted octanol–water partition coefficient (Wildman–Crippen LogP) is 2.04. The van der Waals surface area contributed by atoms with Crippen molar-refractivity contribution >= 4 is 35.8 Å². The zero-order valence-electron chi connectivity index (χ0n) is 15.7. The van der Waals surface area contributed by atoms with Crippen molar-refractivity contribution in [2.24, 2.45) is 10.9 Å². The van der Waals surface area contributed by atoms with Gasteiger partial charge in [0.15, 0.2) is 5.54 Å². The van der Waals surface area contributed by atoms with Crippen LogP contribution in [0.1, 0.15) is 25.0 Å². The average molecular weight is 442 g/mol. The molecule has 3 saturated heterocycles. The Labute approximate surface area is 173 Å². The lowest BCUT2D eigenvalue weighted by Gasteiger charge is -2.42. The molecule has 11 heteroatoms. The Balaban J connectivity index is 1.92. The molecule has 0 radical (unpaired) electrons. The van der Waals surface area contributed by atoms with Crippen molar-refractivity contribution < 1.29 is 32.6 Å². The van der Waals surface area contributed by atoms with Crippen LogP contribution >= 0.6 is 11.6 Å². The maximum Gasteiger partial charge on any atom is 0.417 e. The highest BCUT2D eigenvalue weighted by atomic mass is 35.5. The predicted molar refractivity (Wildman–Crippen MR) is 98.0 cm³/mol. The molecular weight excluding hydrogens is 427 g/mol. The number of carbonyl (C=O) groups excluding carboxylic acids is 2. The minimum absolute atomic E-state index is 0.374. The molecule has 1 aromatic rings. The number of nitrogens with zero attached hydrogens (tertiary/aromatic N) is 3. The SMILES string of the molecule is C=N[C@@]12C(=O)N(c3ccc(C#N)c(C(F)(F)F)c3)C(=O)C1C1(C)OC2(C)[C@@H](Cl)[C@H]1O. The summed E-state index contributed by atoms with van der Waals surface area (Å²) in [6.45, 7) is 6.26. The molecule has 7 nitrogen and oxygen atoms in total. The number of halogens is 4. The molecule has 4 rings (SSSR count). The van der Waals surface area contributed by atoms with Gasteiger partial charge in [-0.05, 0) is 38.8 Å². The van der Waals surface area contributed by atoms with Gasteiger partial charge in [0.05, 0.1) is 28.3 Å². The zero-order chi connectivity index (χ0) is 22.4. The van der Waals surface area contributed by atoms with Gasteiger partial charge < -0.3 is 9.84 Å². The number of ether oxygens (including phenoxy) is 1. The van der Waals surface area contributed by atoms with E-state index in [9.17, 15) is 27.9 Å². The van der Waals surface area contributed by atoms with Crippen LogP contribution in [0, 0.1) is 17.2 Å². The lowest BCUT2D eigenvalue weighted by atomic mass is 9.62. The molecule has 3 aliphatic heterocycles. The summed E-state index contributed by atoms with van der Waals surface area (Å²) in [6, 6.07) is 3.96. The van der Waals surface area contributed by atoms with Crippen molar-refractivity contribution in [1.82, 2.24) is 0 Å². The summed E-state index contributed by atoms with van der Waals surface area (Å²) in [5.74, 6) is -3.18. The lowest BCUT2D eigenvalue weighted by molar-refractivity contribution is -0.138. The van der Waals surface area contributed by atoms with E-state index < -0.39 is 63.3 Å². The van der Waals surface area contributed by atoms with Crippen molar-refractivity contribution in [3.05, 3.63) is 29.3 Å². The van der Waals surface area contributed by atoms with E-state index in [0.717, 1.165) is 12.1 Å². The molecule has 3 heterocycles. The Kier molecular flexibility index (Phi) is 4.02. The zero-order valence-corrected chi connectivity index (χ0v) is 16.5. The summed E-state index contributed by atoms with van der Waals surface area (Å²) in [7, 11) is 0. The quantitative estimate of drug-likeness (QED) is 0.430. The molecule has 6 atom stereocenters. The number of fused-ring (bicyclic) bond motifs is 5. The molecule has 158 valence electrons. The van der Waals surface area contributed by atoms with Gasteiger partial charge in [0, 0.05) is 0 Å². The second-order valence-electron chi connectivity index (χ2n) is 7.92. The first-order chi connectivity index (χ1) is 13.8. The molecule has 0 spiro atoms. The summed E-state index contributed by atoms with van der Waals surface area (Å²) in [4.78, 5) is 31.3. The Hall–Kier alpha value is -2.48. The van der Waals surface area contributed by atoms with Crippen LogP contribution in [0.25, 0.3) is 0 Å². The number of amides is 2. The summed E-state index contributed by atoms with van der Waals surface area (Å²) < 4.78 is 46.0. The first-order valence-corrected chi connectivity index (χ1v) is 9.25. The Bertz CT molecular complexity index is 1060. The highest BCUT2D eigenvalue weighted by Crippen LogP contribution is 2.65. The summed E-state index contributed by atoms with van der Waals surface area (Å²) in [5.41, 5.74) is -7.44. The number of nitriles is 1. The maximum atomic E-state index is 13.5.